The van der Waals surface area contributed by atoms with Crippen molar-refractivity contribution in [1.29, 1.82) is 0 Å². The second kappa shape index (κ2) is 7.19. The van der Waals surface area contributed by atoms with Crippen LogP contribution in [0.1, 0.15) is 5.56 Å². The van der Waals surface area contributed by atoms with Gasteiger partial charge in [0.15, 0.2) is 0 Å². The fourth-order valence-electron chi connectivity index (χ4n) is 1.85. The first-order chi connectivity index (χ1) is 10.1. The lowest BCUT2D eigenvalue weighted by molar-refractivity contribution is 0.273. The molecule has 1 aromatic heterocycles. The van der Waals surface area contributed by atoms with Crippen molar-refractivity contribution in [3.63, 3.8) is 0 Å². The number of rotatable bonds is 6. The molecule has 1 unspecified atom stereocenters. The molecule has 0 radical (unpaired) electrons. The second-order valence-electron chi connectivity index (χ2n) is 4.84. The molecule has 0 spiro atoms. The SMILES string of the molecule is CN(C)c1nc(Cl)nc(NC(CO)Cc2ccccc2)n1. The molecule has 6 nitrogen and oxygen atoms in total. The van der Waals surface area contributed by atoms with Gasteiger partial charge in [-0.2, -0.15) is 15.0 Å². The molecule has 0 saturated heterocycles. The van der Waals surface area contributed by atoms with Crippen LogP contribution in [0.2, 0.25) is 5.28 Å². The zero-order valence-electron chi connectivity index (χ0n) is 12.0. The van der Waals surface area contributed by atoms with Crippen LogP contribution in [0.25, 0.3) is 0 Å². The van der Waals surface area contributed by atoms with E-state index in [1.807, 2.05) is 44.4 Å². The average molecular weight is 308 g/mol. The Kier molecular flexibility index (Phi) is 5.30. The van der Waals surface area contributed by atoms with Gasteiger partial charge in [-0.1, -0.05) is 30.3 Å². The van der Waals surface area contributed by atoms with Crippen molar-refractivity contribution in [3.05, 3.63) is 41.2 Å². The summed E-state index contributed by atoms with van der Waals surface area (Å²) in [4.78, 5) is 14.1. The second-order valence-corrected chi connectivity index (χ2v) is 5.17. The highest BCUT2D eigenvalue weighted by atomic mass is 35.5. The Morgan fingerprint density at radius 3 is 2.52 bits per heavy atom. The molecular formula is C14H18ClN5O. The van der Waals surface area contributed by atoms with Gasteiger partial charge in [-0.05, 0) is 23.6 Å². The zero-order valence-corrected chi connectivity index (χ0v) is 12.7. The molecule has 0 fully saturated rings. The van der Waals surface area contributed by atoms with E-state index in [1.54, 1.807) is 4.90 Å². The van der Waals surface area contributed by atoms with Crippen LogP contribution in [0.3, 0.4) is 0 Å². The summed E-state index contributed by atoms with van der Waals surface area (Å²) >= 11 is 5.89. The highest BCUT2D eigenvalue weighted by molar-refractivity contribution is 6.28. The third-order valence-electron chi connectivity index (χ3n) is 2.87. The maximum absolute atomic E-state index is 9.52. The van der Waals surface area contributed by atoms with E-state index in [2.05, 4.69) is 20.3 Å². The van der Waals surface area contributed by atoms with Crippen molar-refractivity contribution in [1.82, 2.24) is 15.0 Å². The lowest BCUT2D eigenvalue weighted by Gasteiger charge is -2.17. The monoisotopic (exact) mass is 307 g/mol. The topological polar surface area (TPSA) is 74.2 Å². The summed E-state index contributed by atoms with van der Waals surface area (Å²) in [5.41, 5.74) is 1.12. The highest BCUT2D eigenvalue weighted by Gasteiger charge is 2.12. The van der Waals surface area contributed by atoms with Crippen molar-refractivity contribution in [2.45, 2.75) is 12.5 Å². The number of aliphatic hydroxyl groups is 1. The lowest BCUT2D eigenvalue weighted by Crippen LogP contribution is -2.28. The maximum Gasteiger partial charge on any atom is 0.230 e. The van der Waals surface area contributed by atoms with E-state index in [4.69, 9.17) is 11.6 Å². The van der Waals surface area contributed by atoms with Crippen LogP contribution in [0, 0.1) is 0 Å². The number of aliphatic hydroxyl groups excluding tert-OH is 1. The summed E-state index contributed by atoms with van der Waals surface area (Å²) in [7, 11) is 3.64. The Balaban J connectivity index is 2.11. The molecule has 1 heterocycles. The van der Waals surface area contributed by atoms with Gasteiger partial charge in [0.25, 0.3) is 0 Å². The Morgan fingerprint density at radius 1 is 1.19 bits per heavy atom. The maximum atomic E-state index is 9.52. The molecule has 2 aromatic rings. The largest absolute Gasteiger partial charge is 0.394 e. The van der Waals surface area contributed by atoms with Gasteiger partial charge in [0.05, 0.1) is 12.6 Å². The molecule has 7 heteroatoms. The summed E-state index contributed by atoms with van der Waals surface area (Å²) in [6.07, 6.45) is 0.665. The molecule has 2 N–H and O–H groups in total. The van der Waals surface area contributed by atoms with Gasteiger partial charge < -0.3 is 15.3 Å². The van der Waals surface area contributed by atoms with E-state index < -0.39 is 0 Å². The standard InChI is InChI=1S/C14H18ClN5O/c1-20(2)14-18-12(15)17-13(19-14)16-11(9-21)8-10-6-4-3-5-7-10/h3-7,11,21H,8-9H2,1-2H3,(H,16,17,18,19). The zero-order chi connectivity index (χ0) is 15.2. The minimum atomic E-state index is -0.194. The van der Waals surface area contributed by atoms with Crippen molar-refractivity contribution in [2.24, 2.45) is 0 Å². The molecular weight excluding hydrogens is 290 g/mol. The Morgan fingerprint density at radius 2 is 1.90 bits per heavy atom. The number of hydrogen-bond donors (Lipinski definition) is 2. The smallest absolute Gasteiger partial charge is 0.230 e. The number of aromatic nitrogens is 3. The number of benzene rings is 1. The number of nitrogens with one attached hydrogen (secondary N) is 1. The van der Waals surface area contributed by atoms with Crippen molar-refractivity contribution < 1.29 is 5.11 Å². The van der Waals surface area contributed by atoms with Gasteiger partial charge >= 0.3 is 0 Å². The molecule has 1 aromatic carbocycles. The van der Waals surface area contributed by atoms with Crippen LogP contribution in [0.4, 0.5) is 11.9 Å². The van der Waals surface area contributed by atoms with Gasteiger partial charge in [0.1, 0.15) is 0 Å². The third-order valence-corrected chi connectivity index (χ3v) is 3.04. The minimum Gasteiger partial charge on any atom is -0.394 e. The van der Waals surface area contributed by atoms with Gasteiger partial charge in [0.2, 0.25) is 17.2 Å². The van der Waals surface area contributed by atoms with E-state index in [1.165, 1.54) is 0 Å². The molecule has 0 aliphatic heterocycles. The Labute approximate surface area is 128 Å². The molecule has 0 bridgehead atoms. The first-order valence-corrected chi connectivity index (χ1v) is 6.96. The third kappa shape index (κ3) is 4.54. The Hall–Kier alpha value is -1.92. The van der Waals surface area contributed by atoms with E-state index in [0.29, 0.717) is 18.3 Å². The predicted molar refractivity (Wildman–Crippen MR) is 83.8 cm³/mol. The van der Waals surface area contributed by atoms with Gasteiger partial charge in [-0.3, -0.25) is 0 Å². The normalized spacial score (nSPS) is 12.0. The highest BCUT2D eigenvalue weighted by Crippen LogP contribution is 2.13. The number of nitrogens with zero attached hydrogens (tertiary/aromatic N) is 4. The lowest BCUT2D eigenvalue weighted by atomic mass is 10.1. The predicted octanol–water partition coefficient (Wildman–Crippen LogP) is 1.61. The van der Waals surface area contributed by atoms with Crippen LogP contribution in [0.5, 0.6) is 0 Å². The first kappa shape index (κ1) is 15.5. The first-order valence-electron chi connectivity index (χ1n) is 6.58. The van der Waals surface area contributed by atoms with E-state index in [0.717, 1.165) is 5.56 Å². The minimum absolute atomic E-state index is 0.0322. The van der Waals surface area contributed by atoms with Crippen molar-refractivity contribution >= 4 is 23.5 Å². The molecule has 21 heavy (non-hydrogen) atoms. The van der Waals surface area contributed by atoms with Crippen LogP contribution in [0.15, 0.2) is 30.3 Å². The Bertz CT molecular complexity index is 579. The molecule has 0 aliphatic rings. The summed E-state index contributed by atoms with van der Waals surface area (Å²) in [5, 5.41) is 12.7. The molecule has 0 amide bonds. The fraction of sp³-hybridized carbons (Fsp3) is 0.357. The molecule has 2 rings (SSSR count). The van der Waals surface area contributed by atoms with Crippen LogP contribution < -0.4 is 10.2 Å². The van der Waals surface area contributed by atoms with Crippen molar-refractivity contribution in [2.75, 3.05) is 30.9 Å². The average Bonchev–Trinajstić information content (AvgIpc) is 2.47. The van der Waals surface area contributed by atoms with E-state index in [-0.39, 0.29) is 17.9 Å². The molecule has 0 aliphatic carbocycles. The summed E-state index contributed by atoms with van der Waals surface area (Å²) in [5.74, 6) is 0.822. The van der Waals surface area contributed by atoms with Crippen LogP contribution in [-0.2, 0) is 6.42 Å². The van der Waals surface area contributed by atoms with Gasteiger partial charge in [0, 0.05) is 14.1 Å². The van der Waals surface area contributed by atoms with Crippen LogP contribution in [-0.4, -0.2) is 46.8 Å². The fourth-order valence-corrected chi connectivity index (χ4v) is 2.00. The summed E-state index contributed by atoms with van der Waals surface area (Å²) in [6, 6.07) is 9.72. The van der Waals surface area contributed by atoms with Gasteiger partial charge in [-0.15, -0.1) is 0 Å². The number of hydrogen-bond acceptors (Lipinski definition) is 6. The molecule has 112 valence electrons. The van der Waals surface area contributed by atoms with Crippen LogP contribution >= 0.6 is 11.6 Å². The number of anilines is 2. The summed E-state index contributed by atoms with van der Waals surface area (Å²) < 4.78 is 0. The molecule has 1 atom stereocenters. The van der Waals surface area contributed by atoms with Gasteiger partial charge in [-0.25, -0.2) is 0 Å². The van der Waals surface area contributed by atoms with Crippen molar-refractivity contribution in [3.8, 4) is 0 Å². The quantitative estimate of drug-likeness (QED) is 0.844. The van der Waals surface area contributed by atoms with E-state index in [9.17, 15) is 5.11 Å². The molecule has 0 saturated carbocycles. The number of halogens is 1. The summed E-state index contributed by atoms with van der Waals surface area (Å²) in [6.45, 7) is -0.0322. The van der Waals surface area contributed by atoms with E-state index >= 15 is 0 Å².